The van der Waals surface area contributed by atoms with Gasteiger partial charge < -0.3 is 15.6 Å². The molecule has 5 heteroatoms. The summed E-state index contributed by atoms with van der Waals surface area (Å²) in [6.45, 7) is 2.28. The van der Waals surface area contributed by atoms with Crippen LogP contribution in [-0.2, 0) is 17.6 Å². The van der Waals surface area contributed by atoms with E-state index in [0.717, 1.165) is 18.4 Å². The van der Waals surface area contributed by atoms with Gasteiger partial charge in [-0.15, -0.1) is 0 Å². The summed E-state index contributed by atoms with van der Waals surface area (Å²) in [5.74, 6) is -0.586. The number of nitrogens with two attached hydrogens (primary N) is 1. The topological polar surface area (TPSA) is 72.5 Å². The van der Waals surface area contributed by atoms with Crippen LogP contribution in [0.2, 0.25) is 5.02 Å². The molecule has 3 N–H and O–H groups in total. The highest BCUT2D eigenvalue weighted by Crippen LogP contribution is 2.27. The second kappa shape index (κ2) is 13.3. The summed E-state index contributed by atoms with van der Waals surface area (Å²) in [7, 11) is 0. The van der Waals surface area contributed by atoms with E-state index in [1.807, 2.05) is 30.3 Å². The van der Waals surface area contributed by atoms with E-state index >= 15 is 0 Å². The second-order valence-electron chi connectivity index (χ2n) is 8.04. The Balaban J connectivity index is 0.000000386. The standard InChI is InChI=1S/C19H21ClO3.C6H13N/c1-14(19(21)22)12-16-9-10-18(17(20)13-16)23-11-5-8-15-6-3-2-4-7-15;7-6-4-2-1-3-5-6/h2-4,6-7,9-10,13-14H,5,8,11-12H2,1H3,(H,21,22);6H,1-5,7H2. The van der Waals surface area contributed by atoms with Crippen LogP contribution in [0.15, 0.2) is 48.5 Å². The Morgan fingerprint density at radius 2 is 1.83 bits per heavy atom. The molecule has 0 aromatic heterocycles. The molecule has 0 amide bonds. The van der Waals surface area contributed by atoms with Gasteiger partial charge in [-0.2, -0.15) is 0 Å². The highest BCUT2D eigenvalue weighted by Gasteiger charge is 2.13. The molecule has 1 unspecified atom stereocenters. The van der Waals surface area contributed by atoms with Gasteiger partial charge in [-0.05, 0) is 55.4 Å². The van der Waals surface area contributed by atoms with Gasteiger partial charge in [0.2, 0.25) is 0 Å². The third kappa shape index (κ3) is 9.19. The van der Waals surface area contributed by atoms with Gasteiger partial charge in [0.25, 0.3) is 0 Å². The van der Waals surface area contributed by atoms with Crippen LogP contribution in [0.5, 0.6) is 5.75 Å². The highest BCUT2D eigenvalue weighted by molar-refractivity contribution is 6.32. The zero-order valence-electron chi connectivity index (χ0n) is 17.9. The van der Waals surface area contributed by atoms with E-state index in [-0.39, 0.29) is 0 Å². The second-order valence-corrected chi connectivity index (χ2v) is 8.45. The first-order valence-electron chi connectivity index (χ1n) is 10.9. The molecule has 0 spiro atoms. The van der Waals surface area contributed by atoms with Crippen LogP contribution in [0, 0.1) is 5.92 Å². The first-order chi connectivity index (χ1) is 14.5. The molecule has 1 atom stereocenters. The van der Waals surface area contributed by atoms with Gasteiger partial charge in [0.05, 0.1) is 17.5 Å². The number of carboxylic acid groups (broad SMARTS) is 1. The van der Waals surface area contributed by atoms with Gasteiger partial charge in [0.1, 0.15) is 5.75 Å². The van der Waals surface area contributed by atoms with Gasteiger partial charge in [0, 0.05) is 6.04 Å². The molecule has 1 aliphatic carbocycles. The monoisotopic (exact) mass is 431 g/mol. The number of hydrogen-bond donors (Lipinski definition) is 2. The van der Waals surface area contributed by atoms with Gasteiger partial charge in [0.15, 0.2) is 0 Å². The van der Waals surface area contributed by atoms with Crippen molar-refractivity contribution in [3.8, 4) is 5.75 Å². The predicted octanol–water partition coefficient (Wildman–Crippen LogP) is 5.89. The van der Waals surface area contributed by atoms with Crippen LogP contribution in [0.1, 0.15) is 56.6 Å². The lowest BCUT2D eigenvalue weighted by Crippen LogP contribution is -2.22. The lowest BCUT2D eigenvalue weighted by atomic mass is 9.97. The van der Waals surface area contributed by atoms with E-state index in [2.05, 4.69) is 12.1 Å². The molecule has 164 valence electrons. The van der Waals surface area contributed by atoms with Crippen LogP contribution < -0.4 is 10.5 Å². The first kappa shape index (κ1) is 24.2. The van der Waals surface area contributed by atoms with E-state index in [0.29, 0.717) is 29.8 Å². The molecule has 2 aromatic rings. The molecular formula is C25H34ClNO3. The number of carbonyl (C=O) groups is 1. The maximum atomic E-state index is 10.9. The number of ether oxygens (including phenoxy) is 1. The molecule has 0 heterocycles. The molecule has 1 saturated carbocycles. The number of hydrogen-bond acceptors (Lipinski definition) is 3. The fourth-order valence-corrected chi connectivity index (χ4v) is 3.72. The van der Waals surface area contributed by atoms with Crippen LogP contribution in [0.3, 0.4) is 0 Å². The van der Waals surface area contributed by atoms with E-state index < -0.39 is 11.9 Å². The Bertz CT molecular complexity index is 760. The number of halogens is 1. The molecule has 0 radical (unpaired) electrons. The van der Waals surface area contributed by atoms with Crippen LogP contribution in [0.25, 0.3) is 0 Å². The summed E-state index contributed by atoms with van der Waals surface area (Å²) in [5.41, 5.74) is 7.83. The average molecular weight is 432 g/mol. The Morgan fingerprint density at radius 3 is 2.40 bits per heavy atom. The molecule has 4 nitrogen and oxygen atoms in total. The summed E-state index contributed by atoms with van der Waals surface area (Å²) in [5, 5.41) is 9.47. The van der Waals surface area contributed by atoms with Crippen molar-refractivity contribution in [1.29, 1.82) is 0 Å². The van der Waals surface area contributed by atoms with Gasteiger partial charge in [-0.25, -0.2) is 0 Å². The quantitative estimate of drug-likeness (QED) is 0.511. The minimum atomic E-state index is -0.803. The van der Waals surface area contributed by atoms with E-state index in [1.165, 1.54) is 37.7 Å². The van der Waals surface area contributed by atoms with Crippen molar-refractivity contribution < 1.29 is 14.6 Å². The highest BCUT2D eigenvalue weighted by atomic mass is 35.5. The SMILES string of the molecule is CC(Cc1ccc(OCCCc2ccccc2)c(Cl)c1)C(=O)O.NC1CCCCC1. The Hall–Kier alpha value is -2.04. The van der Waals surface area contributed by atoms with E-state index in [9.17, 15) is 4.79 Å². The van der Waals surface area contributed by atoms with Gasteiger partial charge in [-0.3, -0.25) is 4.79 Å². The van der Waals surface area contributed by atoms with Crippen molar-refractivity contribution in [1.82, 2.24) is 0 Å². The van der Waals surface area contributed by atoms with Crippen molar-refractivity contribution in [2.24, 2.45) is 11.7 Å². The summed E-state index contributed by atoms with van der Waals surface area (Å²) in [6, 6.07) is 16.3. The molecule has 30 heavy (non-hydrogen) atoms. The Kier molecular flexibility index (Phi) is 10.7. The lowest BCUT2D eigenvalue weighted by molar-refractivity contribution is -0.141. The summed E-state index contributed by atoms with van der Waals surface area (Å²) >= 11 is 6.22. The Morgan fingerprint density at radius 1 is 1.13 bits per heavy atom. The zero-order chi connectivity index (χ0) is 21.8. The molecule has 1 fully saturated rings. The van der Waals surface area contributed by atoms with Crippen molar-refractivity contribution in [2.75, 3.05) is 6.61 Å². The normalized spacial score (nSPS) is 15.0. The molecule has 3 rings (SSSR count). The maximum Gasteiger partial charge on any atom is 0.306 e. The first-order valence-corrected chi connectivity index (χ1v) is 11.3. The van der Waals surface area contributed by atoms with Crippen LogP contribution in [0.4, 0.5) is 0 Å². The Labute approximate surface area is 185 Å². The summed E-state index contributed by atoms with van der Waals surface area (Å²) in [4.78, 5) is 10.9. The molecule has 0 bridgehead atoms. The minimum Gasteiger partial charge on any atom is -0.492 e. The number of rotatable bonds is 8. The molecule has 1 aliphatic rings. The van der Waals surface area contributed by atoms with E-state index in [1.54, 1.807) is 13.0 Å². The molecular weight excluding hydrogens is 398 g/mol. The summed E-state index contributed by atoms with van der Waals surface area (Å²) < 4.78 is 5.72. The van der Waals surface area contributed by atoms with Gasteiger partial charge in [-0.1, -0.05) is 74.2 Å². The summed E-state index contributed by atoms with van der Waals surface area (Å²) in [6.07, 6.45) is 9.00. The molecule has 2 aromatic carbocycles. The molecule has 0 aliphatic heterocycles. The largest absolute Gasteiger partial charge is 0.492 e. The number of carboxylic acids is 1. The van der Waals surface area contributed by atoms with Gasteiger partial charge >= 0.3 is 5.97 Å². The number of aliphatic carboxylic acids is 1. The third-order valence-electron chi connectivity index (χ3n) is 5.32. The smallest absolute Gasteiger partial charge is 0.306 e. The minimum absolute atomic E-state index is 0.427. The number of benzene rings is 2. The van der Waals surface area contributed by atoms with Crippen molar-refractivity contribution >= 4 is 17.6 Å². The zero-order valence-corrected chi connectivity index (χ0v) is 18.6. The van der Waals surface area contributed by atoms with Crippen LogP contribution >= 0.6 is 11.6 Å². The number of aryl methyl sites for hydroxylation is 1. The fourth-order valence-electron chi connectivity index (χ4n) is 3.47. The van der Waals surface area contributed by atoms with Crippen molar-refractivity contribution in [3.63, 3.8) is 0 Å². The third-order valence-corrected chi connectivity index (χ3v) is 5.62. The van der Waals surface area contributed by atoms with Crippen LogP contribution in [-0.4, -0.2) is 23.7 Å². The van der Waals surface area contributed by atoms with Crippen molar-refractivity contribution in [2.45, 2.75) is 64.3 Å². The predicted molar refractivity (Wildman–Crippen MR) is 123 cm³/mol. The lowest BCUT2D eigenvalue weighted by Gasteiger charge is -2.15. The average Bonchev–Trinajstić information content (AvgIpc) is 2.74. The fraction of sp³-hybridized carbons (Fsp3) is 0.480. The van der Waals surface area contributed by atoms with Crippen molar-refractivity contribution in [3.05, 3.63) is 64.7 Å². The molecule has 0 saturated heterocycles. The maximum absolute atomic E-state index is 10.9. The van der Waals surface area contributed by atoms with E-state index in [4.69, 9.17) is 27.2 Å².